The minimum absolute atomic E-state index is 0.592. The average molecular weight is 155 g/mol. The number of halogens is 1. The number of thiocarbonyl (C=S) groups is 1. The Hall–Kier alpha value is 0.730. The molecule has 0 N–H and O–H groups in total. The van der Waals surface area contributed by atoms with Gasteiger partial charge in [0.1, 0.15) is 0 Å². The summed E-state index contributed by atoms with van der Waals surface area (Å²) in [6.45, 7) is 0. The summed E-state index contributed by atoms with van der Waals surface area (Å²) in [4.78, 5) is 0. The number of thioether (sulfide) groups is 1. The third-order valence-electron chi connectivity index (χ3n) is 0.503. The Labute approximate surface area is 58.6 Å². The molecule has 0 amide bonds. The molecule has 0 saturated heterocycles. The molecular formula is C4H7ClS2. The average Bonchev–Trinajstić information content (AvgIpc) is 1.61. The molecule has 42 valence electrons. The number of rotatable bonds is 3. The lowest BCUT2D eigenvalue weighted by molar-refractivity contribution is 1.37. The van der Waals surface area contributed by atoms with Gasteiger partial charge in [-0.15, -0.1) is 0 Å². The van der Waals surface area contributed by atoms with Crippen molar-refractivity contribution in [2.24, 2.45) is 0 Å². The van der Waals surface area contributed by atoms with Crippen molar-refractivity contribution in [3.63, 3.8) is 0 Å². The minimum atomic E-state index is 0.592. The smallest absolute Gasteiger partial charge is 0.0816 e. The van der Waals surface area contributed by atoms with Crippen LogP contribution in [0.25, 0.3) is 0 Å². The van der Waals surface area contributed by atoms with Gasteiger partial charge >= 0.3 is 0 Å². The fourth-order valence-corrected chi connectivity index (χ4v) is 1.03. The van der Waals surface area contributed by atoms with Crippen molar-refractivity contribution in [1.29, 1.82) is 0 Å². The van der Waals surface area contributed by atoms with E-state index in [9.17, 15) is 0 Å². The first-order valence-corrected chi connectivity index (χ1v) is 4.12. The SMILES string of the molecule is CSCCC(=S)Cl. The van der Waals surface area contributed by atoms with Gasteiger partial charge in [0.05, 0.1) is 4.32 Å². The van der Waals surface area contributed by atoms with Crippen LogP contribution in [0.2, 0.25) is 0 Å². The highest BCUT2D eigenvalue weighted by Crippen LogP contribution is 1.99. The molecule has 0 aliphatic carbocycles. The molecule has 0 heterocycles. The van der Waals surface area contributed by atoms with E-state index >= 15 is 0 Å². The predicted octanol–water partition coefficient (Wildman–Crippen LogP) is 2.31. The largest absolute Gasteiger partial charge is 0.165 e. The van der Waals surface area contributed by atoms with Gasteiger partial charge in [-0.05, 0) is 12.0 Å². The maximum Gasteiger partial charge on any atom is 0.0816 e. The summed E-state index contributed by atoms with van der Waals surface area (Å²) in [6, 6.07) is 0. The zero-order valence-electron chi connectivity index (χ0n) is 4.11. The van der Waals surface area contributed by atoms with Crippen LogP contribution >= 0.6 is 35.6 Å². The molecule has 0 spiro atoms. The first kappa shape index (κ1) is 7.73. The van der Waals surface area contributed by atoms with Gasteiger partial charge in [0.15, 0.2) is 0 Å². The van der Waals surface area contributed by atoms with Crippen molar-refractivity contribution < 1.29 is 0 Å². The molecule has 0 rings (SSSR count). The number of hydrogen-bond acceptors (Lipinski definition) is 2. The van der Waals surface area contributed by atoms with Crippen LogP contribution in [-0.2, 0) is 0 Å². The lowest BCUT2D eigenvalue weighted by Gasteiger charge is -1.87. The van der Waals surface area contributed by atoms with Crippen LogP contribution in [0.5, 0.6) is 0 Å². The first-order valence-electron chi connectivity index (χ1n) is 1.94. The minimum Gasteiger partial charge on any atom is -0.165 e. The standard InChI is InChI=1S/C4H7ClS2/c1-7-3-2-4(5)6/h2-3H2,1H3. The molecule has 0 nitrogen and oxygen atoms in total. The van der Waals surface area contributed by atoms with Gasteiger partial charge in [-0.1, -0.05) is 23.8 Å². The van der Waals surface area contributed by atoms with Gasteiger partial charge in [0.25, 0.3) is 0 Å². The first-order chi connectivity index (χ1) is 3.27. The quantitative estimate of drug-likeness (QED) is 0.452. The maximum atomic E-state index is 5.37. The molecule has 0 radical (unpaired) electrons. The van der Waals surface area contributed by atoms with Crippen LogP contribution in [0.1, 0.15) is 6.42 Å². The second kappa shape index (κ2) is 4.88. The van der Waals surface area contributed by atoms with Crippen LogP contribution in [0.4, 0.5) is 0 Å². The Kier molecular flexibility index (Phi) is 5.39. The van der Waals surface area contributed by atoms with Gasteiger partial charge in [0.2, 0.25) is 0 Å². The third kappa shape index (κ3) is 6.73. The van der Waals surface area contributed by atoms with Crippen LogP contribution in [0.3, 0.4) is 0 Å². The highest BCUT2D eigenvalue weighted by molar-refractivity contribution is 7.98. The summed E-state index contributed by atoms with van der Waals surface area (Å²) in [5.41, 5.74) is 0. The second-order valence-electron chi connectivity index (χ2n) is 1.10. The Balaban J connectivity index is 2.82. The van der Waals surface area contributed by atoms with Crippen molar-refractivity contribution in [3.8, 4) is 0 Å². The van der Waals surface area contributed by atoms with Crippen LogP contribution in [-0.4, -0.2) is 16.3 Å². The van der Waals surface area contributed by atoms with E-state index in [0.29, 0.717) is 4.32 Å². The molecule has 0 aliphatic rings. The summed E-state index contributed by atoms with van der Waals surface area (Å²) in [6.07, 6.45) is 2.90. The Morgan fingerprint density at radius 3 is 2.57 bits per heavy atom. The Morgan fingerprint density at radius 2 is 2.43 bits per heavy atom. The van der Waals surface area contributed by atoms with Crippen LogP contribution in [0, 0.1) is 0 Å². The highest BCUT2D eigenvalue weighted by atomic mass is 35.5. The van der Waals surface area contributed by atoms with E-state index in [1.165, 1.54) is 0 Å². The fraction of sp³-hybridized carbons (Fsp3) is 0.750. The van der Waals surface area contributed by atoms with Crippen LogP contribution in [0.15, 0.2) is 0 Å². The summed E-state index contributed by atoms with van der Waals surface area (Å²) < 4.78 is 0.592. The molecule has 3 heteroatoms. The molecular weight excluding hydrogens is 148 g/mol. The molecule has 0 unspecified atom stereocenters. The Bertz CT molecular complexity index is 62.7. The molecule has 0 aliphatic heterocycles. The molecule has 0 aromatic heterocycles. The summed E-state index contributed by atoms with van der Waals surface area (Å²) in [5, 5.41) is 0. The maximum absolute atomic E-state index is 5.37. The summed E-state index contributed by atoms with van der Waals surface area (Å²) in [7, 11) is 0. The topological polar surface area (TPSA) is 0 Å². The summed E-state index contributed by atoms with van der Waals surface area (Å²) in [5.74, 6) is 1.04. The molecule has 7 heavy (non-hydrogen) atoms. The van der Waals surface area contributed by atoms with Crippen LogP contribution < -0.4 is 0 Å². The van der Waals surface area contributed by atoms with E-state index < -0.39 is 0 Å². The highest BCUT2D eigenvalue weighted by Gasteiger charge is 1.86. The van der Waals surface area contributed by atoms with E-state index in [1.54, 1.807) is 11.8 Å². The van der Waals surface area contributed by atoms with Crippen molar-refractivity contribution >= 4 is 39.9 Å². The summed E-state index contributed by atoms with van der Waals surface area (Å²) >= 11 is 11.7. The Morgan fingerprint density at radius 1 is 1.86 bits per heavy atom. The van der Waals surface area contributed by atoms with E-state index in [2.05, 4.69) is 12.2 Å². The van der Waals surface area contributed by atoms with E-state index in [1.807, 2.05) is 6.26 Å². The zero-order valence-corrected chi connectivity index (χ0v) is 6.50. The monoisotopic (exact) mass is 154 g/mol. The lowest BCUT2D eigenvalue weighted by Crippen LogP contribution is -1.83. The third-order valence-corrected chi connectivity index (χ3v) is 1.51. The molecule has 0 atom stereocenters. The normalized spacial score (nSPS) is 8.86. The predicted molar refractivity (Wildman–Crippen MR) is 41.5 cm³/mol. The molecule has 0 saturated carbocycles. The number of hydrogen-bond donors (Lipinski definition) is 0. The van der Waals surface area contributed by atoms with E-state index in [-0.39, 0.29) is 0 Å². The molecule has 0 fully saturated rings. The van der Waals surface area contributed by atoms with Gasteiger partial charge < -0.3 is 0 Å². The van der Waals surface area contributed by atoms with Gasteiger partial charge in [0, 0.05) is 6.42 Å². The van der Waals surface area contributed by atoms with E-state index in [4.69, 9.17) is 11.6 Å². The molecule has 0 bridgehead atoms. The fourth-order valence-electron chi connectivity index (χ4n) is 0.182. The van der Waals surface area contributed by atoms with Gasteiger partial charge in [-0.3, -0.25) is 0 Å². The zero-order chi connectivity index (χ0) is 5.70. The van der Waals surface area contributed by atoms with Gasteiger partial charge in [-0.25, -0.2) is 0 Å². The van der Waals surface area contributed by atoms with Crippen molar-refractivity contribution in [3.05, 3.63) is 0 Å². The van der Waals surface area contributed by atoms with Gasteiger partial charge in [-0.2, -0.15) is 11.8 Å². The van der Waals surface area contributed by atoms with Crippen molar-refractivity contribution in [1.82, 2.24) is 0 Å². The van der Waals surface area contributed by atoms with E-state index in [0.717, 1.165) is 12.2 Å². The van der Waals surface area contributed by atoms with Crippen molar-refractivity contribution in [2.75, 3.05) is 12.0 Å². The van der Waals surface area contributed by atoms with Crippen molar-refractivity contribution in [2.45, 2.75) is 6.42 Å². The lowest BCUT2D eigenvalue weighted by atomic mass is 10.6. The molecule has 0 aromatic rings. The molecule has 0 aromatic carbocycles. The second-order valence-corrected chi connectivity index (χ2v) is 3.26.